The molecular weight excluding hydrogens is 405 g/mol. The van der Waals surface area contributed by atoms with E-state index in [2.05, 4.69) is 20.4 Å². The van der Waals surface area contributed by atoms with Crippen LogP contribution in [0, 0.1) is 0 Å². The zero-order valence-corrected chi connectivity index (χ0v) is 16.4. The van der Waals surface area contributed by atoms with E-state index in [1.54, 1.807) is 0 Å². The van der Waals surface area contributed by atoms with Crippen LogP contribution in [0.25, 0.3) is 0 Å². The van der Waals surface area contributed by atoms with E-state index >= 15 is 0 Å². The van der Waals surface area contributed by atoms with Crippen LogP contribution < -0.4 is 10.6 Å². The Morgan fingerprint density at radius 1 is 1.23 bits per heavy atom. The van der Waals surface area contributed by atoms with Gasteiger partial charge in [-0.25, -0.2) is 4.79 Å². The molecule has 0 aromatic heterocycles. The Balaban J connectivity index is 1.42. The third kappa shape index (κ3) is 4.40. The highest BCUT2D eigenvalue weighted by Crippen LogP contribution is 2.33. The van der Waals surface area contributed by atoms with Crippen LogP contribution in [0.4, 0.5) is 23.7 Å². The lowest BCUT2D eigenvalue weighted by Crippen LogP contribution is -2.67. The number of carbonyl (C=O) groups is 1. The smallest absolute Gasteiger partial charge is 0.389 e. The summed E-state index contributed by atoms with van der Waals surface area (Å²) in [6.45, 7) is 3.37. The number of urea groups is 1. The molecule has 3 fully saturated rings. The lowest BCUT2D eigenvalue weighted by Gasteiger charge is -2.46. The molecule has 3 saturated heterocycles. The van der Waals surface area contributed by atoms with E-state index in [1.807, 2.05) is 7.05 Å². The number of benzene rings is 1. The number of piperazine rings is 1. The van der Waals surface area contributed by atoms with Crippen molar-refractivity contribution in [2.75, 3.05) is 45.2 Å². The fourth-order valence-corrected chi connectivity index (χ4v) is 4.18. The average Bonchev–Trinajstić information content (AvgIpc) is 3.12. The number of likely N-dealkylation sites (N-methyl/N-ethyl adjacent to an activating group) is 1. The van der Waals surface area contributed by atoms with Gasteiger partial charge >= 0.3 is 12.2 Å². The Labute approximate surface area is 171 Å². The topological polar surface area (TPSA) is 86.3 Å². The summed E-state index contributed by atoms with van der Waals surface area (Å²) in [5.74, 6) is 0. The van der Waals surface area contributed by atoms with Gasteiger partial charge in [0.05, 0.1) is 30.4 Å². The Morgan fingerprint density at radius 3 is 2.67 bits per heavy atom. The molecule has 3 aliphatic rings. The van der Waals surface area contributed by atoms with Crippen molar-refractivity contribution >= 4 is 11.7 Å². The van der Waals surface area contributed by atoms with Crippen LogP contribution in [0.15, 0.2) is 24.3 Å². The molecule has 3 aliphatic heterocycles. The highest BCUT2D eigenvalue weighted by atomic mass is 19.4. The van der Waals surface area contributed by atoms with Gasteiger partial charge in [-0.15, -0.1) is 0 Å². The summed E-state index contributed by atoms with van der Waals surface area (Å²) >= 11 is 0. The van der Waals surface area contributed by atoms with Crippen LogP contribution in [-0.2, 0) is 15.7 Å². The standard InChI is InChI=1S/C19H25F3N4O4/c1-25-5-7-26(8-6-25)15-16(27)14(13-10-29-17(15)30-13)24-18(28)23-12-4-2-3-11(9-12)19(20,21)22/h2-4,9,13-17,27H,5-8,10H2,1H3,(H2,23,24,28). The molecule has 0 radical (unpaired) electrons. The second-order valence-electron chi connectivity index (χ2n) is 7.90. The fourth-order valence-electron chi connectivity index (χ4n) is 4.18. The van der Waals surface area contributed by atoms with Gasteiger partial charge in [0.25, 0.3) is 0 Å². The summed E-state index contributed by atoms with van der Waals surface area (Å²) in [6, 6.07) is 2.47. The van der Waals surface area contributed by atoms with Crippen molar-refractivity contribution < 1.29 is 32.5 Å². The van der Waals surface area contributed by atoms with Crippen LogP contribution in [0.5, 0.6) is 0 Å². The van der Waals surface area contributed by atoms with Gasteiger partial charge in [0.1, 0.15) is 6.10 Å². The minimum atomic E-state index is -4.51. The fraction of sp³-hybridized carbons (Fsp3) is 0.632. The summed E-state index contributed by atoms with van der Waals surface area (Å²) in [6.07, 6.45) is -6.54. The summed E-state index contributed by atoms with van der Waals surface area (Å²) in [5.41, 5.74) is -0.854. The number of amides is 2. The molecule has 0 saturated carbocycles. The van der Waals surface area contributed by atoms with Gasteiger partial charge < -0.3 is 30.1 Å². The second kappa shape index (κ2) is 8.31. The molecule has 166 valence electrons. The Hall–Kier alpha value is -1.92. The van der Waals surface area contributed by atoms with Gasteiger partial charge in [-0.2, -0.15) is 13.2 Å². The normalized spacial score (nSPS) is 32.8. The highest BCUT2D eigenvalue weighted by molar-refractivity contribution is 5.89. The van der Waals surface area contributed by atoms with E-state index in [0.29, 0.717) is 0 Å². The number of halogens is 3. The SMILES string of the molecule is CN1CCN(C2C3OCC(O3)C(NC(=O)Nc3cccc(C(F)(F)F)c3)C2O)CC1. The number of fused-ring (bicyclic) bond motifs is 2. The number of rotatable bonds is 3. The lowest BCUT2D eigenvalue weighted by atomic mass is 9.94. The molecule has 2 bridgehead atoms. The number of aliphatic hydroxyl groups is 1. The number of alkyl halides is 3. The molecule has 5 unspecified atom stereocenters. The minimum absolute atomic E-state index is 0.00436. The van der Waals surface area contributed by atoms with E-state index in [9.17, 15) is 23.1 Å². The molecule has 0 spiro atoms. The molecule has 30 heavy (non-hydrogen) atoms. The lowest BCUT2D eigenvalue weighted by molar-refractivity contribution is -0.184. The third-order valence-electron chi connectivity index (χ3n) is 5.84. The van der Waals surface area contributed by atoms with E-state index in [0.717, 1.165) is 38.3 Å². The number of carbonyl (C=O) groups excluding carboxylic acids is 1. The average molecular weight is 430 g/mol. The van der Waals surface area contributed by atoms with Gasteiger partial charge in [0.15, 0.2) is 6.29 Å². The molecule has 3 heterocycles. The molecule has 1 aromatic carbocycles. The minimum Gasteiger partial charge on any atom is -0.389 e. The zero-order chi connectivity index (χ0) is 21.5. The first-order valence-corrected chi connectivity index (χ1v) is 9.85. The summed E-state index contributed by atoms with van der Waals surface area (Å²) < 4.78 is 50.2. The van der Waals surface area contributed by atoms with Crippen LogP contribution in [0.1, 0.15) is 5.56 Å². The molecule has 11 heteroatoms. The van der Waals surface area contributed by atoms with Gasteiger partial charge in [-0.1, -0.05) is 6.07 Å². The van der Waals surface area contributed by atoms with Crippen molar-refractivity contribution in [1.29, 1.82) is 0 Å². The van der Waals surface area contributed by atoms with Crippen molar-refractivity contribution in [1.82, 2.24) is 15.1 Å². The number of nitrogens with zero attached hydrogens (tertiary/aromatic N) is 2. The predicted octanol–water partition coefficient (Wildman–Crippen LogP) is 0.928. The second-order valence-corrected chi connectivity index (χ2v) is 7.90. The Kier molecular flexibility index (Phi) is 5.90. The maximum Gasteiger partial charge on any atom is 0.416 e. The number of hydrogen-bond donors (Lipinski definition) is 3. The molecule has 1 aromatic rings. The first-order chi connectivity index (χ1) is 14.2. The Bertz CT molecular complexity index is 772. The first kappa shape index (κ1) is 21.3. The first-order valence-electron chi connectivity index (χ1n) is 9.85. The van der Waals surface area contributed by atoms with Gasteiger partial charge in [0.2, 0.25) is 0 Å². The van der Waals surface area contributed by atoms with Crippen LogP contribution in [0.2, 0.25) is 0 Å². The van der Waals surface area contributed by atoms with Crippen molar-refractivity contribution in [2.45, 2.75) is 36.8 Å². The monoisotopic (exact) mass is 430 g/mol. The summed E-state index contributed by atoms with van der Waals surface area (Å²) in [7, 11) is 2.02. The van der Waals surface area contributed by atoms with Crippen molar-refractivity contribution in [3.8, 4) is 0 Å². The van der Waals surface area contributed by atoms with Gasteiger partial charge in [-0.3, -0.25) is 4.90 Å². The van der Waals surface area contributed by atoms with Gasteiger partial charge in [-0.05, 0) is 25.2 Å². The van der Waals surface area contributed by atoms with E-state index in [-0.39, 0.29) is 12.3 Å². The van der Waals surface area contributed by atoms with E-state index in [1.165, 1.54) is 12.1 Å². The molecule has 3 N–H and O–H groups in total. The zero-order valence-electron chi connectivity index (χ0n) is 16.4. The Morgan fingerprint density at radius 2 is 1.97 bits per heavy atom. The maximum absolute atomic E-state index is 12.9. The quantitative estimate of drug-likeness (QED) is 0.662. The maximum atomic E-state index is 12.9. The van der Waals surface area contributed by atoms with Crippen LogP contribution in [-0.4, -0.2) is 91.4 Å². The molecular formula is C19H25F3N4O4. The number of hydrogen-bond acceptors (Lipinski definition) is 6. The van der Waals surface area contributed by atoms with E-state index < -0.39 is 48.4 Å². The molecule has 5 atom stereocenters. The van der Waals surface area contributed by atoms with Crippen LogP contribution in [0.3, 0.4) is 0 Å². The highest BCUT2D eigenvalue weighted by Gasteiger charge is 2.52. The van der Waals surface area contributed by atoms with Gasteiger partial charge in [0, 0.05) is 31.9 Å². The summed E-state index contributed by atoms with van der Waals surface area (Å²) in [4.78, 5) is 16.7. The number of nitrogens with one attached hydrogen (secondary N) is 2. The number of ether oxygens (including phenoxy) is 2. The van der Waals surface area contributed by atoms with Crippen molar-refractivity contribution in [2.24, 2.45) is 0 Å². The molecule has 4 rings (SSSR count). The third-order valence-corrected chi connectivity index (χ3v) is 5.84. The van der Waals surface area contributed by atoms with Crippen molar-refractivity contribution in [3.05, 3.63) is 29.8 Å². The predicted molar refractivity (Wildman–Crippen MR) is 101 cm³/mol. The largest absolute Gasteiger partial charge is 0.416 e. The summed E-state index contributed by atoms with van der Waals surface area (Å²) in [5, 5.41) is 16.0. The van der Waals surface area contributed by atoms with E-state index in [4.69, 9.17) is 9.47 Å². The molecule has 8 nitrogen and oxygen atoms in total. The number of anilines is 1. The molecule has 2 amide bonds. The molecule has 0 aliphatic carbocycles. The van der Waals surface area contributed by atoms with Crippen molar-refractivity contribution in [3.63, 3.8) is 0 Å². The number of aliphatic hydroxyl groups excluding tert-OH is 1. The van der Waals surface area contributed by atoms with Crippen LogP contribution >= 0.6 is 0 Å².